The molecule has 100 valence electrons. The van der Waals surface area contributed by atoms with E-state index in [2.05, 4.69) is 56.3 Å². The Morgan fingerprint density at radius 1 is 1.17 bits per heavy atom. The molecule has 2 rings (SSSR count). The van der Waals surface area contributed by atoms with Crippen molar-refractivity contribution in [2.75, 3.05) is 0 Å². The molecule has 0 spiro atoms. The van der Waals surface area contributed by atoms with Crippen LogP contribution >= 0.6 is 0 Å². The maximum atomic E-state index is 3.63. The van der Waals surface area contributed by atoms with Gasteiger partial charge in [0.25, 0.3) is 0 Å². The predicted octanol–water partition coefficient (Wildman–Crippen LogP) is 3.57. The molecule has 0 amide bonds. The van der Waals surface area contributed by atoms with E-state index < -0.39 is 0 Å². The molecular weight excluding hydrogens is 220 g/mol. The highest BCUT2D eigenvalue weighted by molar-refractivity contribution is 5.30. The third kappa shape index (κ3) is 3.12. The van der Waals surface area contributed by atoms with Gasteiger partial charge in [-0.15, -0.1) is 0 Å². The number of aryl methyl sites for hydroxylation is 2. The van der Waals surface area contributed by atoms with Crippen molar-refractivity contribution in [2.45, 2.75) is 65.6 Å². The maximum absolute atomic E-state index is 3.63. The lowest BCUT2D eigenvalue weighted by Crippen LogP contribution is -2.51. The normalized spacial score (nSPS) is 25.3. The Morgan fingerprint density at radius 2 is 1.83 bits per heavy atom. The summed E-state index contributed by atoms with van der Waals surface area (Å²) in [5.74, 6) is 0. The average Bonchev–Trinajstić information content (AvgIpc) is 2.31. The van der Waals surface area contributed by atoms with Crippen LogP contribution in [0.4, 0.5) is 0 Å². The second kappa shape index (κ2) is 5.85. The van der Waals surface area contributed by atoms with Crippen LogP contribution in [0.3, 0.4) is 0 Å². The van der Waals surface area contributed by atoms with Crippen LogP contribution in [0.1, 0.15) is 49.8 Å². The van der Waals surface area contributed by atoms with Crippen LogP contribution in [0.25, 0.3) is 0 Å². The van der Waals surface area contributed by atoms with Gasteiger partial charge in [0.1, 0.15) is 0 Å². The van der Waals surface area contributed by atoms with E-state index in [1.165, 1.54) is 36.0 Å². The van der Waals surface area contributed by atoms with Crippen LogP contribution in [-0.4, -0.2) is 17.1 Å². The third-order valence-electron chi connectivity index (χ3n) is 4.14. The number of rotatable bonds is 3. The molecule has 2 nitrogen and oxygen atoms in total. The highest BCUT2D eigenvalue weighted by Crippen LogP contribution is 2.21. The van der Waals surface area contributed by atoms with Crippen molar-refractivity contribution in [3.8, 4) is 0 Å². The summed E-state index contributed by atoms with van der Waals surface area (Å²) in [5, 5.41) is 2.45. The average molecular weight is 246 g/mol. The third-order valence-corrected chi connectivity index (χ3v) is 4.14. The zero-order valence-electron chi connectivity index (χ0n) is 12.2. The first-order valence-corrected chi connectivity index (χ1v) is 7.16. The van der Waals surface area contributed by atoms with Gasteiger partial charge in [-0.2, -0.15) is 0 Å². The fraction of sp³-hybridized carbons (Fsp3) is 0.625. The van der Waals surface area contributed by atoms with Gasteiger partial charge in [0.15, 0.2) is 0 Å². The van der Waals surface area contributed by atoms with Crippen LogP contribution in [0.2, 0.25) is 0 Å². The SMILES string of the molecule is Cc1ccc(CNN2C(C)CCCC2C)c(C)c1. The molecule has 1 aromatic rings. The van der Waals surface area contributed by atoms with E-state index in [9.17, 15) is 0 Å². The van der Waals surface area contributed by atoms with Gasteiger partial charge in [-0.05, 0) is 51.7 Å². The first kappa shape index (κ1) is 13.6. The van der Waals surface area contributed by atoms with Gasteiger partial charge in [0.05, 0.1) is 0 Å². The molecule has 1 fully saturated rings. The van der Waals surface area contributed by atoms with E-state index in [0.717, 1.165) is 6.54 Å². The van der Waals surface area contributed by atoms with Crippen LogP contribution < -0.4 is 5.43 Å². The van der Waals surface area contributed by atoms with Gasteiger partial charge in [0.2, 0.25) is 0 Å². The van der Waals surface area contributed by atoms with Gasteiger partial charge in [0, 0.05) is 18.6 Å². The molecule has 1 heterocycles. The fourth-order valence-corrected chi connectivity index (χ4v) is 2.95. The minimum Gasteiger partial charge on any atom is -0.250 e. The number of nitrogens with one attached hydrogen (secondary N) is 1. The van der Waals surface area contributed by atoms with Crippen molar-refractivity contribution in [1.29, 1.82) is 0 Å². The monoisotopic (exact) mass is 246 g/mol. The number of benzene rings is 1. The lowest BCUT2D eigenvalue weighted by molar-refractivity contribution is 0.0435. The number of hydrogen-bond donors (Lipinski definition) is 1. The summed E-state index contributed by atoms with van der Waals surface area (Å²) in [6.07, 6.45) is 3.98. The number of hydrogen-bond acceptors (Lipinski definition) is 2. The second-order valence-corrected chi connectivity index (χ2v) is 5.80. The number of piperidine rings is 1. The fourth-order valence-electron chi connectivity index (χ4n) is 2.95. The standard InChI is InChI=1S/C16H26N2/c1-12-8-9-16(13(2)10-12)11-17-18-14(3)6-5-7-15(18)4/h8-10,14-15,17H,5-7,11H2,1-4H3. The van der Waals surface area contributed by atoms with Crippen molar-refractivity contribution in [2.24, 2.45) is 0 Å². The molecule has 2 unspecified atom stereocenters. The van der Waals surface area contributed by atoms with E-state index in [-0.39, 0.29) is 0 Å². The van der Waals surface area contributed by atoms with E-state index >= 15 is 0 Å². The molecule has 1 saturated heterocycles. The Labute approximate surface area is 111 Å². The van der Waals surface area contributed by atoms with Crippen LogP contribution in [-0.2, 0) is 6.54 Å². The van der Waals surface area contributed by atoms with Gasteiger partial charge >= 0.3 is 0 Å². The van der Waals surface area contributed by atoms with Gasteiger partial charge in [-0.1, -0.05) is 30.2 Å². The molecule has 0 bridgehead atoms. The zero-order valence-corrected chi connectivity index (χ0v) is 12.2. The zero-order chi connectivity index (χ0) is 13.1. The topological polar surface area (TPSA) is 15.3 Å². The molecule has 1 N–H and O–H groups in total. The molecule has 18 heavy (non-hydrogen) atoms. The van der Waals surface area contributed by atoms with Crippen molar-refractivity contribution < 1.29 is 0 Å². The second-order valence-electron chi connectivity index (χ2n) is 5.80. The van der Waals surface area contributed by atoms with E-state index in [1.54, 1.807) is 0 Å². The first-order chi connectivity index (χ1) is 8.58. The minimum absolute atomic E-state index is 0.652. The molecule has 0 aliphatic carbocycles. The van der Waals surface area contributed by atoms with Crippen molar-refractivity contribution >= 4 is 0 Å². The van der Waals surface area contributed by atoms with Gasteiger partial charge in [-0.25, -0.2) is 5.01 Å². The Balaban J connectivity index is 1.97. The summed E-state index contributed by atoms with van der Waals surface area (Å²) in [4.78, 5) is 0. The lowest BCUT2D eigenvalue weighted by Gasteiger charge is -2.39. The largest absolute Gasteiger partial charge is 0.250 e. The van der Waals surface area contributed by atoms with Crippen LogP contribution in [0, 0.1) is 13.8 Å². The Kier molecular flexibility index (Phi) is 4.41. The molecule has 0 radical (unpaired) electrons. The van der Waals surface area contributed by atoms with E-state index in [4.69, 9.17) is 0 Å². The first-order valence-electron chi connectivity index (χ1n) is 7.16. The Bertz CT molecular complexity index is 390. The molecule has 1 aliphatic rings. The summed E-state index contributed by atoms with van der Waals surface area (Å²) < 4.78 is 0. The van der Waals surface area contributed by atoms with Gasteiger partial charge < -0.3 is 0 Å². The minimum atomic E-state index is 0.652. The van der Waals surface area contributed by atoms with Crippen LogP contribution in [0.15, 0.2) is 18.2 Å². The summed E-state index contributed by atoms with van der Waals surface area (Å²) in [7, 11) is 0. The summed E-state index contributed by atoms with van der Waals surface area (Å²) in [6, 6.07) is 8.02. The molecule has 2 heteroatoms. The van der Waals surface area contributed by atoms with E-state index in [1.807, 2.05) is 0 Å². The molecule has 2 atom stereocenters. The molecule has 1 aromatic carbocycles. The van der Waals surface area contributed by atoms with Gasteiger partial charge in [-0.3, -0.25) is 5.43 Å². The lowest BCUT2D eigenvalue weighted by atomic mass is 9.99. The summed E-state index contributed by atoms with van der Waals surface area (Å²) in [5.41, 5.74) is 7.77. The highest BCUT2D eigenvalue weighted by Gasteiger charge is 2.24. The van der Waals surface area contributed by atoms with Crippen molar-refractivity contribution in [3.63, 3.8) is 0 Å². The van der Waals surface area contributed by atoms with Crippen molar-refractivity contribution in [1.82, 2.24) is 10.4 Å². The van der Waals surface area contributed by atoms with E-state index in [0.29, 0.717) is 12.1 Å². The molecule has 1 aliphatic heterocycles. The molecular formula is C16H26N2. The Morgan fingerprint density at radius 3 is 2.44 bits per heavy atom. The number of nitrogens with zero attached hydrogens (tertiary/aromatic N) is 1. The molecule has 0 saturated carbocycles. The quantitative estimate of drug-likeness (QED) is 0.877. The Hall–Kier alpha value is -0.860. The highest BCUT2D eigenvalue weighted by atomic mass is 15.5. The number of hydrazine groups is 1. The predicted molar refractivity (Wildman–Crippen MR) is 77.4 cm³/mol. The summed E-state index contributed by atoms with van der Waals surface area (Å²) in [6.45, 7) is 9.95. The molecule has 0 aromatic heterocycles. The van der Waals surface area contributed by atoms with Crippen LogP contribution in [0.5, 0.6) is 0 Å². The maximum Gasteiger partial charge on any atom is 0.0356 e. The summed E-state index contributed by atoms with van der Waals surface area (Å²) >= 11 is 0. The van der Waals surface area contributed by atoms with Crippen molar-refractivity contribution in [3.05, 3.63) is 34.9 Å². The smallest absolute Gasteiger partial charge is 0.0356 e.